The van der Waals surface area contributed by atoms with Gasteiger partial charge in [-0.05, 0) is 43.4 Å². The van der Waals surface area contributed by atoms with Crippen LogP contribution in [0.2, 0.25) is 0 Å². The molecule has 0 radical (unpaired) electrons. The largest absolute Gasteiger partial charge is 0.479 e. The lowest BCUT2D eigenvalue weighted by atomic mass is 9.93. The fourth-order valence-electron chi connectivity index (χ4n) is 4.66. The molecule has 1 aliphatic rings. The number of ether oxygens (including phenoxy) is 2. The number of anilines is 1. The molecule has 2 N–H and O–H groups in total. The first-order chi connectivity index (χ1) is 17.5. The molecule has 0 unspecified atom stereocenters. The highest BCUT2D eigenvalue weighted by Crippen LogP contribution is 2.35. The molecule has 0 atom stereocenters. The van der Waals surface area contributed by atoms with E-state index in [-0.39, 0.29) is 30.2 Å². The number of rotatable bonds is 9. The quantitative estimate of drug-likeness (QED) is 0.357. The van der Waals surface area contributed by atoms with Crippen LogP contribution in [0.15, 0.2) is 24.4 Å². The summed E-state index contributed by atoms with van der Waals surface area (Å²) in [7, 11) is 1.44. The molecule has 1 aliphatic carbocycles. The van der Waals surface area contributed by atoms with Crippen LogP contribution in [0.5, 0.6) is 5.88 Å². The lowest BCUT2D eigenvalue weighted by molar-refractivity contribution is 0.00718. The van der Waals surface area contributed by atoms with Crippen LogP contribution in [-0.4, -0.2) is 73.6 Å². The molecule has 1 fully saturated rings. The molecule has 13 heteroatoms. The predicted octanol–water partition coefficient (Wildman–Crippen LogP) is 3.29. The van der Waals surface area contributed by atoms with Crippen molar-refractivity contribution in [1.82, 2.24) is 29.6 Å². The average molecular weight is 506 g/mol. The summed E-state index contributed by atoms with van der Waals surface area (Å²) >= 11 is 0. The van der Waals surface area contributed by atoms with Crippen LogP contribution in [-0.2, 0) is 11.3 Å². The minimum atomic E-state index is -2.60. The van der Waals surface area contributed by atoms with Gasteiger partial charge in [0.2, 0.25) is 11.8 Å². The van der Waals surface area contributed by atoms with E-state index in [1.807, 2.05) is 0 Å². The van der Waals surface area contributed by atoms with E-state index in [1.165, 1.54) is 17.8 Å². The molecule has 192 valence electrons. The van der Waals surface area contributed by atoms with Crippen molar-refractivity contribution in [1.29, 1.82) is 0 Å². The van der Waals surface area contributed by atoms with Crippen LogP contribution < -0.4 is 10.1 Å². The summed E-state index contributed by atoms with van der Waals surface area (Å²) < 4.78 is 54.7. The topological polar surface area (TPSA) is 112 Å². The fraction of sp³-hybridized carbons (Fsp3) is 0.478. The van der Waals surface area contributed by atoms with E-state index < -0.39 is 18.8 Å². The Bertz CT molecular complexity index is 1350. The molecule has 10 nitrogen and oxygen atoms in total. The normalized spacial score (nSPS) is 18.4. The van der Waals surface area contributed by atoms with Crippen molar-refractivity contribution in [2.24, 2.45) is 0 Å². The average Bonchev–Trinajstić information content (AvgIpc) is 3.42. The lowest BCUT2D eigenvalue weighted by Gasteiger charge is -2.29. The van der Waals surface area contributed by atoms with Gasteiger partial charge in [0, 0.05) is 6.04 Å². The standard InChI is InChI=1S/C23H26F3N7O3/c1-35-22-21-20(13-2-7-17-18(10-13)32(31-29-17)12-19(25)26)16(24)11-33(21)30-23(28-22)27-14-3-5-15(6-4-14)36-9-8-34/h2,7,10-11,14-15,19,34H,3-6,8-9,12H2,1H3,(H,27,30). The second kappa shape index (κ2) is 10.3. The Labute approximate surface area is 204 Å². The number of benzene rings is 1. The number of methoxy groups -OCH3 is 1. The molecule has 3 aromatic heterocycles. The Morgan fingerprint density at radius 2 is 2.03 bits per heavy atom. The first-order valence-electron chi connectivity index (χ1n) is 11.7. The molecule has 0 bridgehead atoms. The Balaban J connectivity index is 1.44. The van der Waals surface area contributed by atoms with Gasteiger partial charge in [-0.2, -0.15) is 4.98 Å². The highest BCUT2D eigenvalue weighted by molar-refractivity contribution is 5.89. The number of fused-ring (bicyclic) bond motifs is 2. The Morgan fingerprint density at radius 3 is 2.75 bits per heavy atom. The molecule has 0 aliphatic heterocycles. The van der Waals surface area contributed by atoms with Gasteiger partial charge < -0.3 is 19.9 Å². The van der Waals surface area contributed by atoms with Gasteiger partial charge in [-0.3, -0.25) is 0 Å². The Hall–Kier alpha value is -3.45. The maximum atomic E-state index is 15.2. The number of nitrogens with zero attached hydrogens (tertiary/aromatic N) is 6. The third kappa shape index (κ3) is 4.80. The van der Waals surface area contributed by atoms with Gasteiger partial charge in [0.25, 0.3) is 6.43 Å². The van der Waals surface area contributed by atoms with E-state index in [9.17, 15) is 8.78 Å². The second-order valence-electron chi connectivity index (χ2n) is 8.67. The van der Waals surface area contributed by atoms with Crippen LogP contribution in [0.1, 0.15) is 25.7 Å². The zero-order chi connectivity index (χ0) is 25.2. The zero-order valence-corrected chi connectivity index (χ0v) is 19.6. The number of halogens is 3. The molecule has 4 aromatic rings. The van der Waals surface area contributed by atoms with E-state index in [0.29, 0.717) is 34.7 Å². The number of aliphatic hydroxyl groups is 1. The number of nitrogens with one attached hydrogen (secondary N) is 1. The van der Waals surface area contributed by atoms with Crippen molar-refractivity contribution in [2.75, 3.05) is 25.6 Å². The molecule has 0 amide bonds. The van der Waals surface area contributed by atoms with Crippen molar-refractivity contribution in [3.05, 3.63) is 30.2 Å². The minimum Gasteiger partial charge on any atom is -0.479 e. The van der Waals surface area contributed by atoms with Gasteiger partial charge >= 0.3 is 0 Å². The molecule has 36 heavy (non-hydrogen) atoms. The highest BCUT2D eigenvalue weighted by Gasteiger charge is 2.25. The number of hydrogen-bond donors (Lipinski definition) is 2. The van der Waals surface area contributed by atoms with Crippen molar-refractivity contribution in [3.63, 3.8) is 0 Å². The number of aromatic nitrogens is 6. The van der Waals surface area contributed by atoms with Crippen LogP contribution in [0.25, 0.3) is 27.7 Å². The monoisotopic (exact) mass is 505 g/mol. The molecule has 3 heterocycles. The minimum absolute atomic E-state index is 0.00529. The van der Waals surface area contributed by atoms with Crippen LogP contribution in [0, 0.1) is 5.82 Å². The summed E-state index contributed by atoms with van der Waals surface area (Å²) in [5, 5.41) is 24.3. The van der Waals surface area contributed by atoms with Crippen molar-refractivity contribution < 1.29 is 27.8 Å². The van der Waals surface area contributed by atoms with Gasteiger partial charge in [0.15, 0.2) is 5.82 Å². The maximum absolute atomic E-state index is 15.2. The van der Waals surface area contributed by atoms with E-state index in [0.717, 1.165) is 30.4 Å². The first kappa shape index (κ1) is 24.3. The van der Waals surface area contributed by atoms with E-state index in [1.54, 1.807) is 18.2 Å². The first-order valence-corrected chi connectivity index (χ1v) is 11.7. The Morgan fingerprint density at radius 1 is 1.22 bits per heavy atom. The second-order valence-corrected chi connectivity index (χ2v) is 8.67. The molecule has 5 rings (SSSR count). The SMILES string of the molecule is COc1nc(NC2CCC(OCCO)CC2)nn2cc(F)c(-c3ccc4nnn(CC(F)F)c4c3)c12. The van der Waals surface area contributed by atoms with Gasteiger partial charge in [-0.1, -0.05) is 11.3 Å². The molecule has 1 saturated carbocycles. The van der Waals surface area contributed by atoms with Crippen molar-refractivity contribution in [2.45, 2.75) is 50.8 Å². The molecule has 0 spiro atoms. The van der Waals surface area contributed by atoms with Crippen molar-refractivity contribution in [3.8, 4) is 17.0 Å². The smallest absolute Gasteiger partial charge is 0.258 e. The van der Waals surface area contributed by atoms with Crippen LogP contribution in [0.3, 0.4) is 0 Å². The van der Waals surface area contributed by atoms with Crippen molar-refractivity contribution >= 4 is 22.5 Å². The number of aliphatic hydroxyl groups excluding tert-OH is 1. The predicted molar refractivity (Wildman–Crippen MR) is 125 cm³/mol. The Kier molecular flexibility index (Phi) is 6.92. The summed E-state index contributed by atoms with van der Waals surface area (Å²) in [4.78, 5) is 4.47. The summed E-state index contributed by atoms with van der Waals surface area (Å²) in [5.41, 5.74) is 1.72. The third-order valence-corrected chi connectivity index (χ3v) is 6.31. The highest BCUT2D eigenvalue weighted by atomic mass is 19.3. The fourth-order valence-corrected chi connectivity index (χ4v) is 4.66. The van der Waals surface area contributed by atoms with Crippen LogP contribution in [0.4, 0.5) is 19.1 Å². The number of hydrogen-bond acceptors (Lipinski definition) is 8. The van der Waals surface area contributed by atoms with Gasteiger partial charge in [0.05, 0.1) is 43.7 Å². The summed E-state index contributed by atoms with van der Waals surface area (Å²) in [6, 6.07) is 4.93. The summed E-state index contributed by atoms with van der Waals surface area (Å²) in [6.07, 6.45) is 2.12. The third-order valence-electron chi connectivity index (χ3n) is 6.31. The van der Waals surface area contributed by atoms with Gasteiger partial charge in [-0.25, -0.2) is 22.4 Å². The molecule has 1 aromatic carbocycles. The lowest BCUT2D eigenvalue weighted by Crippen LogP contribution is -2.31. The van der Waals surface area contributed by atoms with E-state index in [2.05, 4.69) is 25.7 Å². The molecular weight excluding hydrogens is 479 g/mol. The van der Waals surface area contributed by atoms with E-state index >= 15 is 4.39 Å². The van der Waals surface area contributed by atoms with Gasteiger partial charge in [-0.15, -0.1) is 10.2 Å². The summed E-state index contributed by atoms with van der Waals surface area (Å²) in [6.45, 7) is -0.277. The zero-order valence-electron chi connectivity index (χ0n) is 19.6. The maximum Gasteiger partial charge on any atom is 0.258 e. The number of alkyl halides is 2. The van der Waals surface area contributed by atoms with E-state index in [4.69, 9.17) is 14.6 Å². The summed E-state index contributed by atoms with van der Waals surface area (Å²) in [5.74, 6) is -0.0884. The van der Waals surface area contributed by atoms with Gasteiger partial charge in [0.1, 0.15) is 17.6 Å². The molecule has 0 saturated heterocycles. The van der Waals surface area contributed by atoms with Crippen LogP contribution >= 0.6 is 0 Å². The molecular formula is C23H26F3N7O3.